The fourth-order valence-corrected chi connectivity index (χ4v) is 2.70. The summed E-state index contributed by atoms with van der Waals surface area (Å²) in [5.74, 6) is 0.937. The van der Waals surface area contributed by atoms with Crippen molar-refractivity contribution in [1.29, 1.82) is 0 Å². The first kappa shape index (κ1) is 15.1. The van der Waals surface area contributed by atoms with E-state index in [1.807, 2.05) is 0 Å². The average molecular weight is 277 g/mol. The van der Waals surface area contributed by atoms with Crippen molar-refractivity contribution in [3.63, 3.8) is 0 Å². The number of methoxy groups -OCH3 is 1. The smallest absolute Gasteiger partial charge is 0.141 e. The molecule has 1 N–H and O–H groups in total. The minimum absolute atomic E-state index is 0.551. The molecule has 1 fully saturated rings. The molecule has 112 valence electrons. The Bertz CT molecular complexity index is 426. The quantitative estimate of drug-likeness (QED) is 0.893. The Hall–Kier alpha value is -1.26. The zero-order valence-corrected chi connectivity index (χ0v) is 13.1. The molecule has 1 aliphatic rings. The monoisotopic (exact) mass is 277 g/mol. The number of nitrogens with zero attached hydrogens (tertiary/aromatic N) is 2. The van der Waals surface area contributed by atoms with Gasteiger partial charge in [0.1, 0.15) is 5.75 Å². The van der Waals surface area contributed by atoms with Crippen LogP contribution in [0.15, 0.2) is 18.2 Å². The number of rotatable bonds is 5. The maximum absolute atomic E-state index is 5.48. The highest BCUT2D eigenvalue weighted by Crippen LogP contribution is 2.28. The summed E-state index contributed by atoms with van der Waals surface area (Å²) in [6, 6.07) is 6.97. The van der Waals surface area contributed by atoms with E-state index in [0.29, 0.717) is 6.04 Å². The van der Waals surface area contributed by atoms with Crippen molar-refractivity contribution < 1.29 is 4.74 Å². The second kappa shape index (κ2) is 6.95. The fraction of sp³-hybridized carbons (Fsp3) is 0.625. The number of benzene rings is 1. The Kier molecular flexibility index (Phi) is 5.26. The van der Waals surface area contributed by atoms with Gasteiger partial charge in [-0.2, -0.15) is 0 Å². The molecule has 0 bridgehead atoms. The van der Waals surface area contributed by atoms with E-state index < -0.39 is 0 Å². The molecule has 0 saturated carbocycles. The van der Waals surface area contributed by atoms with E-state index in [2.05, 4.69) is 54.5 Å². The predicted molar refractivity (Wildman–Crippen MR) is 84.5 cm³/mol. The lowest BCUT2D eigenvalue weighted by Gasteiger charge is -2.30. The molecule has 0 spiro atoms. The lowest BCUT2D eigenvalue weighted by atomic mass is 10.0. The molecule has 1 aromatic carbocycles. The van der Waals surface area contributed by atoms with Crippen LogP contribution >= 0.6 is 0 Å². The molecular weight excluding hydrogens is 250 g/mol. The standard InChI is InChI=1S/C16H27N3O/c1-18(2)12-13-5-6-16(20-4)15(11-13)17-14-7-9-19(3)10-8-14/h5-6,11,14,17H,7-10,12H2,1-4H3. The Balaban J connectivity index is 2.07. The van der Waals surface area contributed by atoms with Gasteiger partial charge >= 0.3 is 0 Å². The van der Waals surface area contributed by atoms with Crippen molar-refractivity contribution >= 4 is 5.69 Å². The van der Waals surface area contributed by atoms with Gasteiger partial charge < -0.3 is 19.9 Å². The molecule has 4 nitrogen and oxygen atoms in total. The second-order valence-electron chi connectivity index (χ2n) is 5.99. The van der Waals surface area contributed by atoms with Crippen molar-refractivity contribution in [3.8, 4) is 5.75 Å². The van der Waals surface area contributed by atoms with Crippen LogP contribution in [-0.2, 0) is 6.54 Å². The van der Waals surface area contributed by atoms with Gasteiger partial charge in [0.2, 0.25) is 0 Å². The molecule has 2 rings (SSSR count). The number of ether oxygens (including phenoxy) is 1. The molecule has 0 radical (unpaired) electrons. The second-order valence-corrected chi connectivity index (χ2v) is 5.99. The van der Waals surface area contributed by atoms with Crippen LogP contribution in [0.1, 0.15) is 18.4 Å². The van der Waals surface area contributed by atoms with Gasteiger partial charge in [-0.15, -0.1) is 0 Å². The van der Waals surface area contributed by atoms with Gasteiger partial charge in [-0.25, -0.2) is 0 Å². The van der Waals surface area contributed by atoms with Crippen LogP contribution in [0.3, 0.4) is 0 Å². The van der Waals surface area contributed by atoms with E-state index in [4.69, 9.17) is 4.74 Å². The minimum Gasteiger partial charge on any atom is -0.495 e. The van der Waals surface area contributed by atoms with E-state index >= 15 is 0 Å². The van der Waals surface area contributed by atoms with Crippen molar-refractivity contribution in [2.75, 3.05) is 46.7 Å². The van der Waals surface area contributed by atoms with Crippen molar-refractivity contribution in [2.24, 2.45) is 0 Å². The Labute approximate surface area is 122 Å². The normalized spacial score (nSPS) is 17.4. The van der Waals surface area contributed by atoms with E-state index in [-0.39, 0.29) is 0 Å². The van der Waals surface area contributed by atoms with Crippen LogP contribution in [0.4, 0.5) is 5.69 Å². The molecular formula is C16H27N3O. The van der Waals surface area contributed by atoms with Crippen molar-refractivity contribution in [1.82, 2.24) is 9.80 Å². The van der Waals surface area contributed by atoms with Crippen molar-refractivity contribution in [3.05, 3.63) is 23.8 Å². The van der Waals surface area contributed by atoms with E-state index in [9.17, 15) is 0 Å². The van der Waals surface area contributed by atoms with Gasteiger partial charge in [0.25, 0.3) is 0 Å². The Morgan fingerprint density at radius 3 is 2.60 bits per heavy atom. The molecule has 0 amide bonds. The number of hydrogen-bond donors (Lipinski definition) is 1. The summed E-state index contributed by atoms with van der Waals surface area (Å²) in [7, 11) is 8.11. The summed E-state index contributed by atoms with van der Waals surface area (Å²) < 4.78 is 5.48. The summed E-state index contributed by atoms with van der Waals surface area (Å²) in [6.07, 6.45) is 2.38. The van der Waals surface area contributed by atoms with Gasteiger partial charge in [0.15, 0.2) is 0 Å². The van der Waals surface area contributed by atoms with Gasteiger partial charge in [-0.3, -0.25) is 0 Å². The van der Waals surface area contributed by atoms with Crippen LogP contribution in [0.5, 0.6) is 5.75 Å². The average Bonchev–Trinajstić information content (AvgIpc) is 2.41. The highest BCUT2D eigenvalue weighted by atomic mass is 16.5. The number of likely N-dealkylation sites (tertiary alicyclic amines) is 1. The topological polar surface area (TPSA) is 27.7 Å². The number of piperidine rings is 1. The Morgan fingerprint density at radius 2 is 2.00 bits per heavy atom. The van der Waals surface area contributed by atoms with Gasteiger partial charge in [-0.1, -0.05) is 6.07 Å². The maximum Gasteiger partial charge on any atom is 0.141 e. The van der Waals surface area contributed by atoms with Crippen LogP contribution in [-0.4, -0.2) is 57.2 Å². The first-order valence-corrected chi connectivity index (χ1v) is 7.35. The summed E-state index contributed by atoms with van der Waals surface area (Å²) in [5.41, 5.74) is 2.44. The molecule has 20 heavy (non-hydrogen) atoms. The van der Waals surface area contributed by atoms with Gasteiger partial charge in [-0.05, 0) is 64.8 Å². The minimum atomic E-state index is 0.551. The largest absolute Gasteiger partial charge is 0.495 e. The molecule has 4 heteroatoms. The summed E-state index contributed by atoms with van der Waals surface area (Å²) in [4.78, 5) is 4.57. The summed E-state index contributed by atoms with van der Waals surface area (Å²) in [5, 5.41) is 3.66. The highest BCUT2D eigenvalue weighted by molar-refractivity contribution is 5.58. The first-order valence-electron chi connectivity index (χ1n) is 7.35. The zero-order valence-electron chi connectivity index (χ0n) is 13.1. The third-order valence-corrected chi connectivity index (χ3v) is 3.84. The lowest BCUT2D eigenvalue weighted by Crippen LogP contribution is -2.36. The molecule has 1 saturated heterocycles. The molecule has 0 unspecified atom stereocenters. The van der Waals surface area contributed by atoms with Gasteiger partial charge in [0.05, 0.1) is 12.8 Å². The van der Waals surface area contributed by atoms with Gasteiger partial charge in [0, 0.05) is 12.6 Å². The SMILES string of the molecule is COc1ccc(CN(C)C)cc1NC1CCN(C)CC1. The molecule has 1 aliphatic heterocycles. The molecule has 1 aromatic rings. The maximum atomic E-state index is 5.48. The van der Waals surface area contributed by atoms with E-state index in [1.165, 1.54) is 18.4 Å². The Morgan fingerprint density at radius 1 is 1.30 bits per heavy atom. The van der Waals surface area contributed by atoms with Crippen LogP contribution < -0.4 is 10.1 Å². The zero-order chi connectivity index (χ0) is 14.5. The third kappa shape index (κ3) is 4.12. The van der Waals surface area contributed by atoms with E-state index in [1.54, 1.807) is 7.11 Å². The number of hydrogen-bond acceptors (Lipinski definition) is 4. The molecule has 0 aromatic heterocycles. The number of nitrogens with one attached hydrogen (secondary N) is 1. The highest BCUT2D eigenvalue weighted by Gasteiger charge is 2.17. The first-order chi connectivity index (χ1) is 9.58. The number of anilines is 1. The molecule has 0 aliphatic carbocycles. The fourth-order valence-electron chi connectivity index (χ4n) is 2.70. The molecule has 0 atom stereocenters. The molecule has 1 heterocycles. The summed E-state index contributed by atoms with van der Waals surface area (Å²) >= 11 is 0. The van der Waals surface area contributed by atoms with Crippen LogP contribution in [0, 0.1) is 0 Å². The van der Waals surface area contributed by atoms with Crippen LogP contribution in [0.2, 0.25) is 0 Å². The van der Waals surface area contributed by atoms with Crippen LogP contribution in [0.25, 0.3) is 0 Å². The van der Waals surface area contributed by atoms with Crippen molar-refractivity contribution in [2.45, 2.75) is 25.4 Å². The third-order valence-electron chi connectivity index (χ3n) is 3.84. The predicted octanol–water partition coefficient (Wildman–Crippen LogP) is 2.26. The lowest BCUT2D eigenvalue weighted by molar-refractivity contribution is 0.263. The van der Waals surface area contributed by atoms with E-state index in [0.717, 1.165) is 31.1 Å². The summed E-state index contributed by atoms with van der Waals surface area (Å²) in [6.45, 7) is 3.28.